The van der Waals surface area contributed by atoms with Gasteiger partial charge in [-0.1, -0.05) is 13.8 Å². The zero-order valence-electron chi connectivity index (χ0n) is 13.5. The Morgan fingerprint density at radius 2 is 2.30 bits per heavy atom. The van der Waals surface area contributed by atoms with Gasteiger partial charge in [-0.15, -0.1) is 0 Å². The van der Waals surface area contributed by atoms with Crippen LogP contribution in [0.3, 0.4) is 0 Å². The van der Waals surface area contributed by atoms with Crippen LogP contribution in [0.25, 0.3) is 0 Å². The summed E-state index contributed by atoms with van der Waals surface area (Å²) in [5, 5.41) is 2.90. The van der Waals surface area contributed by atoms with E-state index < -0.39 is 0 Å². The number of imidazole rings is 1. The predicted molar refractivity (Wildman–Crippen MR) is 86.5 cm³/mol. The van der Waals surface area contributed by atoms with Crippen LogP contribution >= 0.6 is 0 Å². The topological polar surface area (TPSA) is 110 Å². The monoisotopic (exact) mass is 314 g/mol. The minimum Gasteiger partial charge on any atom is -0.384 e. The number of hydrogen-bond acceptors (Lipinski definition) is 5. The van der Waals surface area contributed by atoms with Crippen LogP contribution in [0.15, 0.2) is 12.3 Å². The van der Waals surface area contributed by atoms with Crippen LogP contribution in [-0.2, 0) is 24.2 Å². The molecule has 0 aliphatic heterocycles. The van der Waals surface area contributed by atoms with E-state index in [9.17, 15) is 4.79 Å². The lowest BCUT2D eigenvalue weighted by Gasteiger charge is -2.20. The smallest absolute Gasteiger partial charge is 0.223 e. The molecule has 1 aliphatic carbocycles. The van der Waals surface area contributed by atoms with E-state index in [1.807, 2.05) is 0 Å². The number of nitrogens with zero attached hydrogens (tertiary/aromatic N) is 3. The highest BCUT2D eigenvalue weighted by molar-refractivity contribution is 5.79. The molecular formula is C16H22N6O. The number of carbonyl (C=O) groups is 1. The SMILES string of the molecule is CC(C)c1nc2c([nH]1)CC(C(=O)NCc1nccc(N)n1)CC2. The van der Waals surface area contributed by atoms with Crippen molar-refractivity contribution in [1.29, 1.82) is 0 Å². The lowest BCUT2D eigenvalue weighted by molar-refractivity contribution is -0.125. The number of nitrogen functional groups attached to an aromatic ring is 1. The summed E-state index contributed by atoms with van der Waals surface area (Å²) in [5.74, 6) is 2.30. The number of amides is 1. The molecule has 122 valence electrons. The summed E-state index contributed by atoms with van der Waals surface area (Å²) in [4.78, 5) is 28.5. The van der Waals surface area contributed by atoms with E-state index in [-0.39, 0.29) is 11.8 Å². The Morgan fingerprint density at radius 1 is 1.48 bits per heavy atom. The minimum absolute atomic E-state index is 0.0300. The Morgan fingerprint density at radius 3 is 3.04 bits per heavy atom. The number of nitrogens with two attached hydrogens (primary N) is 1. The van der Waals surface area contributed by atoms with Crippen LogP contribution in [0.5, 0.6) is 0 Å². The summed E-state index contributed by atoms with van der Waals surface area (Å²) in [6.45, 7) is 4.52. The normalized spacial score (nSPS) is 17.1. The molecule has 2 heterocycles. The fourth-order valence-electron chi connectivity index (χ4n) is 2.81. The Kier molecular flexibility index (Phi) is 4.27. The molecule has 4 N–H and O–H groups in total. The van der Waals surface area contributed by atoms with Gasteiger partial charge in [0.05, 0.1) is 12.2 Å². The van der Waals surface area contributed by atoms with Gasteiger partial charge in [0.1, 0.15) is 17.5 Å². The minimum atomic E-state index is -0.0379. The van der Waals surface area contributed by atoms with E-state index in [0.29, 0.717) is 30.5 Å². The molecule has 3 rings (SSSR count). The van der Waals surface area contributed by atoms with Gasteiger partial charge in [-0.2, -0.15) is 0 Å². The van der Waals surface area contributed by atoms with Crippen molar-refractivity contribution in [3.05, 3.63) is 35.3 Å². The third kappa shape index (κ3) is 3.49. The molecule has 0 spiro atoms. The maximum atomic E-state index is 12.4. The van der Waals surface area contributed by atoms with Crippen molar-refractivity contribution in [1.82, 2.24) is 25.3 Å². The second-order valence-electron chi connectivity index (χ2n) is 6.26. The number of aromatic amines is 1. The van der Waals surface area contributed by atoms with E-state index in [4.69, 9.17) is 5.73 Å². The van der Waals surface area contributed by atoms with Crippen LogP contribution in [-0.4, -0.2) is 25.8 Å². The van der Waals surface area contributed by atoms with Gasteiger partial charge in [0, 0.05) is 30.1 Å². The molecule has 0 radical (unpaired) electrons. The quantitative estimate of drug-likeness (QED) is 0.788. The zero-order valence-corrected chi connectivity index (χ0v) is 13.5. The fraction of sp³-hybridized carbons (Fsp3) is 0.500. The predicted octanol–water partition coefficient (Wildman–Crippen LogP) is 1.33. The number of hydrogen-bond donors (Lipinski definition) is 3. The van der Waals surface area contributed by atoms with E-state index in [2.05, 4.69) is 39.1 Å². The summed E-state index contributed by atoms with van der Waals surface area (Å²) < 4.78 is 0. The molecule has 0 saturated carbocycles. The van der Waals surface area contributed by atoms with Crippen molar-refractivity contribution in [3.63, 3.8) is 0 Å². The second-order valence-corrected chi connectivity index (χ2v) is 6.26. The summed E-state index contributed by atoms with van der Waals surface area (Å²) in [6, 6.07) is 1.62. The Balaban J connectivity index is 1.60. The first-order valence-corrected chi connectivity index (χ1v) is 7.95. The Hall–Kier alpha value is -2.44. The number of rotatable bonds is 4. The Bertz CT molecular complexity index is 708. The molecule has 7 heteroatoms. The van der Waals surface area contributed by atoms with Gasteiger partial charge < -0.3 is 16.0 Å². The molecule has 0 aromatic carbocycles. The maximum absolute atomic E-state index is 12.4. The number of H-pyrrole nitrogens is 1. The number of nitrogens with one attached hydrogen (secondary N) is 2. The number of fused-ring (bicyclic) bond motifs is 1. The largest absolute Gasteiger partial charge is 0.384 e. The molecule has 2 aromatic heterocycles. The molecule has 1 unspecified atom stereocenters. The van der Waals surface area contributed by atoms with Crippen LogP contribution in [0, 0.1) is 5.92 Å². The van der Waals surface area contributed by atoms with Gasteiger partial charge in [0.15, 0.2) is 0 Å². The molecule has 1 aliphatic rings. The highest BCUT2D eigenvalue weighted by atomic mass is 16.1. The summed E-state index contributed by atoms with van der Waals surface area (Å²) in [5.41, 5.74) is 7.82. The van der Waals surface area contributed by atoms with Crippen molar-refractivity contribution in [3.8, 4) is 0 Å². The number of anilines is 1. The standard InChI is InChI=1S/C16H22N6O/c1-9(2)15-20-11-4-3-10(7-12(11)21-15)16(23)19-8-14-18-6-5-13(17)22-14/h5-6,9-10H,3-4,7-8H2,1-2H3,(H,19,23)(H,20,21)(H2,17,18,22). The average molecular weight is 314 g/mol. The first-order chi connectivity index (χ1) is 11.0. The second kappa shape index (κ2) is 6.36. The van der Waals surface area contributed by atoms with Crippen molar-refractivity contribution in [2.75, 3.05) is 5.73 Å². The maximum Gasteiger partial charge on any atom is 0.223 e. The molecule has 1 atom stereocenters. The zero-order chi connectivity index (χ0) is 16.4. The number of aromatic nitrogens is 4. The van der Waals surface area contributed by atoms with Gasteiger partial charge in [-0.05, 0) is 18.9 Å². The highest BCUT2D eigenvalue weighted by Crippen LogP contribution is 2.26. The molecule has 0 fully saturated rings. The van der Waals surface area contributed by atoms with Gasteiger partial charge >= 0.3 is 0 Å². The van der Waals surface area contributed by atoms with Crippen molar-refractivity contribution in [2.24, 2.45) is 5.92 Å². The van der Waals surface area contributed by atoms with Crippen LogP contribution < -0.4 is 11.1 Å². The third-order valence-corrected chi connectivity index (χ3v) is 4.13. The first kappa shape index (κ1) is 15.5. The van der Waals surface area contributed by atoms with E-state index >= 15 is 0 Å². The van der Waals surface area contributed by atoms with Crippen LogP contribution in [0.2, 0.25) is 0 Å². The number of aryl methyl sites for hydroxylation is 1. The molecule has 7 nitrogen and oxygen atoms in total. The summed E-state index contributed by atoms with van der Waals surface area (Å²) in [6.07, 6.45) is 3.96. The van der Waals surface area contributed by atoms with Gasteiger partial charge in [0.25, 0.3) is 0 Å². The molecule has 0 saturated heterocycles. The number of carbonyl (C=O) groups excluding carboxylic acids is 1. The summed E-state index contributed by atoms with van der Waals surface area (Å²) in [7, 11) is 0. The fourth-order valence-corrected chi connectivity index (χ4v) is 2.81. The first-order valence-electron chi connectivity index (χ1n) is 7.95. The summed E-state index contributed by atoms with van der Waals surface area (Å²) >= 11 is 0. The third-order valence-electron chi connectivity index (χ3n) is 4.13. The van der Waals surface area contributed by atoms with Crippen molar-refractivity contribution >= 4 is 11.7 Å². The molecular weight excluding hydrogens is 292 g/mol. The van der Waals surface area contributed by atoms with E-state index in [1.165, 1.54) is 0 Å². The van der Waals surface area contributed by atoms with Crippen molar-refractivity contribution < 1.29 is 4.79 Å². The lowest BCUT2D eigenvalue weighted by Crippen LogP contribution is -2.34. The Labute approximate surface area is 135 Å². The molecule has 0 bridgehead atoms. The van der Waals surface area contributed by atoms with Crippen LogP contribution in [0.1, 0.15) is 49.2 Å². The van der Waals surface area contributed by atoms with Gasteiger partial charge in [-0.25, -0.2) is 15.0 Å². The lowest BCUT2D eigenvalue weighted by atomic mass is 9.89. The van der Waals surface area contributed by atoms with Crippen LogP contribution in [0.4, 0.5) is 5.82 Å². The molecule has 23 heavy (non-hydrogen) atoms. The highest BCUT2D eigenvalue weighted by Gasteiger charge is 2.27. The van der Waals surface area contributed by atoms with E-state index in [1.54, 1.807) is 12.3 Å². The average Bonchev–Trinajstić information content (AvgIpc) is 2.96. The van der Waals surface area contributed by atoms with Gasteiger partial charge in [0.2, 0.25) is 5.91 Å². The van der Waals surface area contributed by atoms with E-state index in [0.717, 1.165) is 30.1 Å². The molecule has 2 aromatic rings. The van der Waals surface area contributed by atoms with Gasteiger partial charge in [-0.3, -0.25) is 4.79 Å². The molecule has 1 amide bonds. The van der Waals surface area contributed by atoms with Crippen molar-refractivity contribution in [2.45, 2.75) is 45.6 Å².